The van der Waals surface area contributed by atoms with Crippen molar-refractivity contribution in [1.82, 2.24) is 4.98 Å². The minimum absolute atomic E-state index is 0.167. The van der Waals surface area contributed by atoms with Gasteiger partial charge in [0.05, 0.1) is 11.6 Å². The van der Waals surface area contributed by atoms with Crippen molar-refractivity contribution in [1.29, 1.82) is 5.26 Å². The second-order valence-corrected chi connectivity index (χ2v) is 7.25. The summed E-state index contributed by atoms with van der Waals surface area (Å²) < 4.78 is 0. The molecule has 0 spiro atoms. The van der Waals surface area contributed by atoms with E-state index >= 15 is 0 Å². The number of nitriles is 1. The maximum absolute atomic E-state index is 12.4. The van der Waals surface area contributed by atoms with Gasteiger partial charge in [-0.1, -0.05) is 12.1 Å². The summed E-state index contributed by atoms with van der Waals surface area (Å²) >= 11 is 1.46. The maximum Gasteiger partial charge on any atom is 0.257 e. The van der Waals surface area contributed by atoms with Gasteiger partial charge in [-0.25, -0.2) is 4.98 Å². The number of hydrogen-bond donors (Lipinski definition) is 1. The number of carbonyl (C=O) groups excluding carboxylic acids is 1. The molecule has 0 aliphatic rings. The third kappa shape index (κ3) is 4.72. The average Bonchev–Trinajstić information content (AvgIpc) is 3.14. The molecule has 0 saturated carbocycles. The Balaban J connectivity index is 1.62. The van der Waals surface area contributed by atoms with E-state index in [4.69, 9.17) is 5.26 Å². The molecule has 5 nitrogen and oxygen atoms in total. The van der Waals surface area contributed by atoms with E-state index in [0.717, 1.165) is 29.1 Å². The highest BCUT2D eigenvalue weighted by Crippen LogP contribution is 2.22. The van der Waals surface area contributed by atoms with E-state index in [0.29, 0.717) is 16.3 Å². The number of anilines is 2. The van der Waals surface area contributed by atoms with Crippen LogP contribution in [-0.2, 0) is 6.42 Å². The van der Waals surface area contributed by atoms with Crippen LogP contribution in [0.1, 0.15) is 33.3 Å². The molecule has 0 aliphatic heterocycles. The molecule has 1 amide bonds. The Morgan fingerprint density at radius 3 is 2.52 bits per heavy atom. The summed E-state index contributed by atoms with van der Waals surface area (Å²) in [5.74, 6) is -0.167. The highest BCUT2D eigenvalue weighted by molar-refractivity contribution is 7.15. The van der Waals surface area contributed by atoms with Gasteiger partial charge in [0.2, 0.25) is 0 Å². The number of nitrogens with zero attached hydrogens (tertiary/aromatic N) is 3. The minimum Gasteiger partial charge on any atom is -0.375 e. The first-order chi connectivity index (χ1) is 13.1. The fraction of sp³-hybridized carbons (Fsp3) is 0.190. The van der Waals surface area contributed by atoms with Crippen LogP contribution in [0, 0.1) is 11.3 Å². The molecule has 1 N–H and O–H groups in total. The molecule has 3 aromatic rings. The molecule has 3 rings (SSSR count). The lowest BCUT2D eigenvalue weighted by molar-refractivity contribution is 0.102. The van der Waals surface area contributed by atoms with Gasteiger partial charge in [-0.15, -0.1) is 11.3 Å². The highest BCUT2D eigenvalue weighted by atomic mass is 32.1. The molecule has 27 heavy (non-hydrogen) atoms. The normalized spacial score (nSPS) is 10.3. The fourth-order valence-corrected chi connectivity index (χ4v) is 3.41. The van der Waals surface area contributed by atoms with E-state index < -0.39 is 0 Å². The zero-order valence-corrected chi connectivity index (χ0v) is 16.1. The van der Waals surface area contributed by atoms with Crippen LogP contribution in [-0.4, -0.2) is 24.5 Å². The Morgan fingerprint density at radius 2 is 1.89 bits per heavy atom. The van der Waals surface area contributed by atoms with Gasteiger partial charge < -0.3 is 4.90 Å². The van der Waals surface area contributed by atoms with Crippen molar-refractivity contribution in [3.05, 3.63) is 76.3 Å². The van der Waals surface area contributed by atoms with Gasteiger partial charge in [-0.2, -0.15) is 5.26 Å². The van der Waals surface area contributed by atoms with Crippen molar-refractivity contribution in [2.45, 2.75) is 13.3 Å². The molecule has 0 radical (unpaired) electrons. The molecule has 0 aliphatic carbocycles. The zero-order valence-electron chi connectivity index (χ0n) is 15.3. The van der Waals surface area contributed by atoms with Gasteiger partial charge in [0.15, 0.2) is 5.13 Å². The summed E-state index contributed by atoms with van der Waals surface area (Å²) in [5.41, 5.74) is 3.43. The molecule has 0 atom stereocenters. The topological polar surface area (TPSA) is 69.0 Å². The predicted octanol–water partition coefficient (Wildman–Crippen LogP) is 4.31. The SMILES string of the molecule is CCN(C)c1ccc(C(=O)Nc2ncc(Cc3ccc(C#N)cc3)s2)cc1. The smallest absolute Gasteiger partial charge is 0.257 e. The van der Waals surface area contributed by atoms with Crippen LogP contribution in [0.5, 0.6) is 0 Å². The van der Waals surface area contributed by atoms with Gasteiger partial charge in [-0.3, -0.25) is 10.1 Å². The number of rotatable bonds is 6. The average molecular weight is 376 g/mol. The van der Waals surface area contributed by atoms with Crippen molar-refractivity contribution in [2.24, 2.45) is 0 Å². The molecule has 0 bridgehead atoms. The van der Waals surface area contributed by atoms with Crippen LogP contribution in [0.4, 0.5) is 10.8 Å². The van der Waals surface area contributed by atoms with Crippen LogP contribution in [0.15, 0.2) is 54.7 Å². The Labute approximate surface area is 162 Å². The molecule has 1 heterocycles. The first-order valence-corrected chi connectivity index (χ1v) is 9.47. The van der Waals surface area contributed by atoms with Gasteiger partial charge >= 0.3 is 0 Å². The van der Waals surface area contributed by atoms with Crippen LogP contribution in [0.25, 0.3) is 0 Å². The molecule has 6 heteroatoms. The lowest BCUT2D eigenvalue weighted by Crippen LogP contribution is -2.16. The van der Waals surface area contributed by atoms with Gasteiger partial charge in [0.25, 0.3) is 5.91 Å². The molecular formula is C21H20N4OS. The van der Waals surface area contributed by atoms with Crippen molar-refractivity contribution < 1.29 is 4.79 Å². The number of thiazole rings is 1. The van der Waals surface area contributed by atoms with E-state index in [1.54, 1.807) is 18.3 Å². The largest absolute Gasteiger partial charge is 0.375 e. The van der Waals surface area contributed by atoms with E-state index in [2.05, 4.69) is 28.2 Å². The van der Waals surface area contributed by atoms with Crippen LogP contribution >= 0.6 is 11.3 Å². The number of nitrogens with one attached hydrogen (secondary N) is 1. The Bertz CT molecular complexity index is 955. The van der Waals surface area contributed by atoms with Crippen LogP contribution < -0.4 is 10.2 Å². The molecule has 0 fully saturated rings. The minimum atomic E-state index is -0.167. The molecule has 0 unspecified atom stereocenters. The highest BCUT2D eigenvalue weighted by Gasteiger charge is 2.10. The van der Waals surface area contributed by atoms with Gasteiger partial charge in [-0.05, 0) is 48.9 Å². The first kappa shape index (κ1) is 18.6. The Morgan fingerprint density at radius 1 is 1.19 bits per heavy atom. The molecule has 0 saturated heterocycles. The summed E-state index contributed by atoms with van der Waals surface area (Å²) in [6.45, 7) is 2.99. The third-order valence-electron chi connectivity index (χ3n) is 4.28. The zero-order chi connectivity index (χ0) is 19.2. The van der Waals surface area contributed by atoms with Crippen molar-refractivity contribution >= 4 is 28.1 Å². The van der Waals surface area contributed by atoms with E-state index in [9.17, 15) is 4.79 Å². The Kier molecular flexibility index (Phi) is 5.84. The number of aromatic nitrogens is 1. The Hall–Kier alpha value is -3.17. The third-order valence-corrected chi connectivity index (χ3v) is 5.19. The lowest BCUT2D eigenvalue weighted by Gasteiger charge is -2.16. The maximum atomic E-state index is 12.4. The molecule has 1 aromatic heterocycles. The summed E-state index contributed by atoms with van der Waals surface area (Å²) in [6.07, 6.45) is 2.50. The second kappa shape index (κ2) is 8.47. The summed E-state index contributed by atoms with van der Waals surface area (Å²) in [5, 5.41) is 12.3. The van der Waals surface area contributed by atoms with Crippen molar-refractivity contribution in [3.8, 4) is 6.07 Å². The van der Waals surface area contributed by atoms with Crippen LogP contribution in [0.3, 0.4) is 0 Å². The van der Waals surface area contributed by atoms with E-state index in [1.807, 2.05) is 43.4 Å². The number of benzene rings is 2. The van der Waals surface area contributed by atoms with E-state index in [1.165, 1.54) is 11.3 Å². The summed E-state index contributed by atoms with van der Waals surface area (Å²) in [7, 11) is 2.01. The fourth-order valence-electron chi connectivity index (χ4n) is 2.56. The van der Waals surface area contributed by atoms with Crippen molar-refractivity contribution in [2.75, 3.05) is 23.8 Å². The van der Waals surface area contributed by atoms with E-state index in [-0.39, 0.29) is 5.91 Å². The lowest BCUT2D eigenvalue weighted by atomic mass is 10.1. The quantitative estimate of drug-likeness (QED) is 0.696. The molecular weight excluding hydrogens is 356 g/mol. The first-order valence-electron chi connectivity index (χ1n) is 8.65. The predicted molar refractivity (Wildman–Crippen MR) is 109 cm³/mol. The second-order valence-electron chi connectivity index (χ2n) is 6.13. The standard InChI is InChI=1S/C21H20N4OS/c1-3-25(2)18-10-8-17(9-11-18)20(26)24-21-23-14-19(27-21)12-15-4-6-16(13-22)7-5-15/h4-11,14H,3,12H2,1-2H3,(H,23,24,26). The van der Waals surface area contributed by atoms with Gasteiger partial charge in [0.1, 0.15) is 0 Å². The monoisotopic (exact) mass is 376 g/mol. The number of amides is 1. The van der Waals surface area contributed by atoms with Crippen LogP contribution in [0.2, 0.25) is 0 Å². The number of carbonyl (C=O) groups is 1. The number of hydrogen-bond acceptors (Lipinski definition) is 5. The molecule has 136 valence electrons. The summed E-state index contributed by atoms with van der Waals surface area (Å²) in [6, 6.07) is 17.1. The van der Waals surface area contributed by atoms with Gasteiger partial charge in [0, 0.05) is 42.3 Å². The molecule has 2 aromatic carbocycles. The van der Waals surface area contributed by atoms with Crippen molar-refractivity contribution in [3.63, 3.8) is 0 Å². The summed E-state index contributed by atoms with van der Waals surface area (Å²) in [4.78, 5) is 19.9.